The number of nitrogens with zero attached hydrogens (tertiary/aromatic N) is 4. The molecule has 0 fully saturated rings. The minimum absolute atomic E-state index is 0.158. The molecule has 2 aromatic heterocycles. The molecule has 12 heteroatoms. The normalized spacial score (nSPS) is 14.0. The molecule has 258 valence electrons. The summed E-state index contributed by atoms with van der Waals surface area (Å²) in [5, 5.41) is 0.486. The van der Waals surface area contributed by atoms with Crippen molar-refractivity contribution in [3.63, 3.8) is 0 Å². The van der Waals surface area contributed by atoms with E-state index in [1.807, 2.05) is 12.7 Å². The van der Waals surface area contributed by atoms with Crippen LogP contribution in [0.2, 0.25) is 65.9 Å². The van der Waals surface area contributed by atoms with E-state index in [0.717, 1.165) is 16.8 Å². The fourth-order valence-corrected chi connectivity index (χ4v) is 10.7. The Labute approximate surface area is 300 Å². The van der Waals surface area contributed by atoms with E-state index in [2.05, 4.69) is 179 Å². The van der Waals surface area contributed by atoms with E-state index in [-0.39, 0.29) is 21.3 Å². The van der Waals surface area contributed by atoms with Gasteiger partial charge in [-0.3, -0.25) is 0 Å². The molecule has 2 aromatic rings. The van der Waals surface area contributed by atoms with Crippen molar-refractivity contribution >= 4 is 87.5 Å². The van der Waals surface area contributed by atoms with E-state index in [4.69, 9.17) is 17.8 Å². The summed E-state index contributed by atoms with van der Waals surface area (Å²) >= 11 is -1.54. The molecule has 0 aliphatic carbocycles. The van der Waals surface area contributed by atoms with Crippen LogP contribution in [0.3, 0.4) is 0 Å². The Morgan fingerprint density at radius 1 is 0.682 bits per heavy atom. The molecule has 2 rings (SSSR count). The zero-order chi connectivity index (χ0) is 35.4. The molecule has 0 N–H and O–H groups in total. The maximum absolute atomic E-state index is 6.60. The molecule has 0 saturated heterocycles. The van der Waals surface area contributed by atoms with Crippen LogP contribution in [0.4, 0.5) is 0 Å². The van der Waals surface area contributed by atoms with Gasteiger partial charge in [0.15, 0.2) is 8.32 Å². The molecule has 0 saturated carbocycles. The third-order valence-corrected chi connectivity index (χ3v) is 22.8. The monoisotopic (exact) mass is 998 g/mol. The second-order valence-electron chi connectivity index (χ2n) is 18.4. The predicted molar refractivity (Wildman–Crippen MR) is 214 cm³/mol. The van der Waals surface area contributed by atoms with Gasteiger partial charge in [0, 0.05) is 6.20 Å². The van der Waals surface area contributed by atoms with Gasteiger partial charge in [0.25, 0.3) is 0 Å². The topological polar surface area (TPSA) is 54.1 Å². The van der Waals surface area contributed by atoms with Crippen LogP contribution >= 0.6 is 31.5 Å². The Hall–Kier alpha value is 1.39. The van der Waals surface area contributed by atoms with Crippen molar-refractivity contribution in [1.82, 2.24) is 19.1 Å². The van der Waals surface area contributed by atoms with Crippen molar-refractivity contribution in [3.05, 3.63) is 28.7 Å². The van der Waals surface area contributed by atoms with Crippen LogP contribution in [-0.4, -0.2) is 82.6 Å². The van der Waals surface area contributed by atoms with Gasteiger partial charge >= 0.3 is 178 Å². The Morgan fingerprint density at radius 2 is 1.00 bits per heavy atom. The van der Waals surface area contributed by atoms with Crippen LogP contribution in [-0.2, 0) is 21.9 Å². The number of hydrogen-bond acceptors (Lipinski definition) is 4. The van der Waals surface area contributed by atoms with Gasteiger partial charge in [-0.15, -0.1) is 0 Å². The average Bonchev–Trinajstić information content (AvgIpc) is 3.31. The van der Waals surface area contributed by atoms with E-state index in [9.17, 15) is 0 Å². The fourth-order valence-electron chi connectivity index (χ4n) is 3.88. The van der Waals surface area contributed by atoms with E-state index in [1.54, 1.807) is 0 Å². The van der Waals surface area contributed by atoms with Gasteiger partial charge < -0.3 is 8.99 Å². The average molecular weight is 997 g/mol. The van der Waals surface area contributed by atoms with Crippen molar-refractivity contribution in [1.29, 1.82) is 0 Å². The van der Waals surface area contributed by atoms with Crippen LogP contribution in [0.15, 0.2) is 25.0 Å². The standard InChI is InChI=1S/C13H25IN2OSi.C13H25N2OSi.6CH3.ClH.2Sn/c1-12(2,3)18(6,7)17-13(4,5)9-16-8-11(14)15-10-16;1-12(2,3)17(6,7)16-13(4,5)10-15-9-8-14-11-15;;;;;;;;;/h8,10H,9H2,1-7H3;9,11H,10H2,1-7H3;6*1H3;1H;;/q;;;;;;;;;;+1/p-1. The first kappa shape index (κ1) is 45.4. The van der Waals surface area contributed by atoms with Crippen LogP contribution in [0.1, 0.15) is 69.2 Å². The molecule has 0 atom stereocenters. The quantitative estimate of drug-likeness (QED) is 0.186. The van der Waals surface area contributed by atoms with Crippen molar-refractivity contribution in [2.75, 3.05) is 0 Å². The molecule has 0 aliphatic heterocycles. The SMILES string of the molecule is CC(C)(Cn1cn[c]([Sn]([CH3])([CH3])[CH3])c1)O[Si](C)(C)C(C)(C)C.CC(C)(Cn1cnc(I)c1)O[Si](C)(C)C(C)(C)C.[CH3][Sn]([CH3])([CH3])[Cl]. The first-order valence-corrected chi connectivity index (χ1v) is 44.9. The third-order valence-electron chi connectivity index (χ3n) is 7.81. The second kappa shape index (κ2) is 16.4. The summed E-state index contributed by atoms with van der Waals surface area (Å²) in [7, 11) is 2.27. The first-order valence-electron chi connectivity index (χ1n) is 15.9. The minimum atomic E-state index is -2.06. The molecule has 0 aliphatic rings. The molecule has 0 amide bonds. The molecule has 2 heterocycles. The Morgan fingerprint density at radius 3 is 1.25 bits per heavy atom. The van der Waals surface area contributed by atoms with Gasteiger partial charge in [0.05, 0.1) is 18.5 Å². The molecular weight excluding hydrogens is 928 g/mol. The summed E-state index contributed by atoms with van der Waals surface area (Å²) in [6.45, 7) is 33.4. The van der Waals surface area contributed by atoms with Gasteiger partial charge in [-0.05, 0) is 54.6 Å². The molecule has 0 spiro atoms. The molecule has 0 radical (unpaired) electrons. The molecule has 0 unspecified atom stereocenters. The number of rotatable bonds is 9. The van der Waals surface area contributed by atoms with E-state index >= 15 is 0 Å². The van der Waals surface area contributed by atoms with Crippen LogP contribution in [0.5, 0.6) is 0 Å². The molecule has 44 heavy (non-hydrogen) atoms. The Balaban J connectivity index is 0.000000734. The Bertz CT molecular complexity index is 1150. The summed E-state index contributed by atoms with van der Waals surface area (Å²) in [5.74, 6) is 0. The number of aromatic nitrogens is 4. The van der Waals surface area contributed by atoms with Gasteiger partial charge in [-0.1, -0.05) is 20.8 Å². The molecule has 6 nitrogen and oxygen atoms in total. The van der Waals surface area contributed by atoms with E-state index in [0.29, 0.717) is 0 Å². The van der Waals surface area contributed by atoms with Gasteiger partial charge in [-0.2, -0.15) is 0 Å². The molecule has 0 aromatic carbocycles. The third kappa shape index (κ3) is 18.2. The van der Waals surface area contributed by atoms with Gasteiger partial charge in [0.1, 0.15) is 3.70 Å². The van der Waals surface area contributed by atoms with Crippen molar-refractivity contribution < 1.29 is 8.85 Å². The number of hydrogen-bond donors (Lipinski definition) is 0. The van der Waals surface area contributed by atoms with Crippen molar-refractivity contribution in [2.45, 2.75) is 159 Å². The Kier molecular flexibility index (Phi) is 16.9. The predicted octanol–water partition coefficient (Wildman–Crippen LogP) is 10.6. The van der Waals surface area contributed by atoms with E-state index in [1.165, 1.54) is 3.71 Å². The number of imidazole rings is 2. The van der Waals surface area contributed by atoms with Crippen LogP contribution < -0.4 is 3.71 Å². The van der Waals surface area contributed by atoms with Crippen molar-refractivity contribution in [3.8, 4) is 0 Å². The van der Waals surface area contributed by atoms with Gasteiger partial charge in [0.2, 0.25) is 0 Å². The maximum atomic E-state index is 6.60. The van der Waals surface area contributed by atoms with Crippen LogP contribution in [0, 0.1) is 3.70 Å². The van der Waals surface area contributed by atoms with Crippen molar-refractivity contribution in [2.24, 2.45) is 0 Å². The van der Waals surface area contributed by atoms with Crippen LogP contribution in [0.25, 0.3) is 0 Å². The van der Waals surface area contributed by atoms with E-state index < -0.39 is 52.3 Å². The summed E-state index contributed by atoms with van der Waals surface area (Å²) < 4.78 is 19.8. The molecular formula is C32H68ClIN4O2Si2Sn2. The summed E-state index contributed by atoms with van der Waals surface area (Å²) in [6.07, 6.45) is 8.15. The zero-order valence-corrected chi connectivity index (χ0v) is 42.7. The fraction of sp³-hybridized carbons (Fsp3) is 0.812. The van der Waals surface area contributed by atoms with Gasteiger partial charge in [-0.25, -0.2) is 4.98 Å². The summed E-state index contributed by atoms with van der Waals surface area (Å²) in [6, 6.07) is 0. The zero-order valence-electron chi connectivity index (χ0n) is 32.1. The summed E-state index contributed by atoms with van der Waals surface area (Å²) in [5.41, 5.74) is -0.318. The molecule has 0 bridgehead atoms. The summed E-state index contributed by atoms with van der Waals surface area (Å²) in [4.78, 5) is 22.6. The number of halogens is 2. The first-order chi connectivity index (χ1) is 19.1. The second-order valence-corrected chi connectivity index (χ2v) is 62.6.